The SMILES string of the molecule is O=C(Nc1nc2c(s1)C(=O)CC(C(=O)O)C2)c1cccs1. The van der Waals surface area contributed by atoms with Gasteiger partial charge < -0.3 is 5.11 Å². The van der Waals surface area contributed by atoms with Gasteiger partial charge in [0.1, 0.15) is 0 Å². The quantitative estimate of drug-likeness (QED) is 0.903. The summed E-state index contributed by atoms with van der Waals surface area (Å²) in [6, 6.07) is 3.46. The third kappa shape index (κ3) is 2.72. The molecule has 2 heterocycles. The molecule has 2 aromatic rings. The van der Waals surface area contributed by atoms with Gasteiger partial charge in [-0.15, -0.1) is 11.3 Å². The summed E-state index contributed by atoms with van der Waals surface area (Å²) in [5, 5.41) is 13.8. The molecule has 3 rings (SSSR count). The highest BCUT2D eigenvalue weighted by atomic mass is 32.1. The minimum atomic E-state index is -0.994. The molecule has 1 aliphatic rings. The van der Waals surface area contributed by atoms with Gasteiger partial charge in [0.05, 0.1) is 21.4 Å². The van der Waals surface area contributed by atoms with E-state index in [0.29, 0.717) is 20.6 Å². The highest BCUT2D eigenvalue weighted by Crippen LogP contribution is 2.32. The lowest BCUT2D eigenvalue weighted by atomic mass is 9.90. The van der Waals surface area contributed by atoms with Crippen molar-refractivity contribution in [2.75, 3.05) is 5.32 Å². The molecule has 1 atom stereocenters. The van der Waals surface area contributed by atoms with E-state index in [1.165, 1.54) is 11.3 Å². The summed E-state index contributed by atoms with van der Waals surface area (Å²) in [5.41, 5.74) is 0.463. The molecule has 0 aromatic carbocycles. The second kappa shape index (κ2) is 5.38. The summed E-state index contributed by atoms with van der Waals surface area (Å²) < 4.78 is 0. The Morgan fingerprint density at radius 2 is 2.19 bits per heavy atom. The molecule has 108 valence electrons. The Labute approximate surface area is 127 Å². The van der Waals surface area contributed by atoms with Crippen LogP contribution in [0.3, 0.4) is 0 Å². The zero-order valence-electron chi connectivity index (χ0n) is 10.7. The van der Waals surface area contributed by atoms with E-state index >= 15 is 0 Å². The van der Waals surface area contributed by atoms with Crippen LogP contribution in [0.25, 0.3) is 0 Å². The fraction of sp³-hybridized carbons (Fsp3) is 0.231. The van der Waals surface area contributed by atoms with Crippen LogP contribution in [0.4, 0.5) is 5.13 Å². The molecule has 1 unspecified atom stereocenters. The number of nitrogens with one attached hydrogen (secondary N) is 1. The van der Waals surface area contributed by atoms with Gasteiger partial charge in [0.25, 0.3) is 5.91 Å². The monoisotopic (exact) mass is 322 g/mol. The zero-order valence-corrected chi connectivity index (χ0v) is 12.3. The summed E-state index contributed by atoms with van der Waals surface area (Å²) in [6.45, 7) is 0. The van der Waals surface area contributed by atoms with E-state index in [4.69, 9.17) is 5.11 Å². The van der Waals surface area contributed by atoms with Crippen molar-refractivity contribution in [1.29, 1.82) is 0 Å². The first-order chi connectivity index (χ1) is 10.0. The third-order valence-electron chi connectivity index (χ3n) is 3.14. The molecule has 6 nitrogen and oxygen atoms in total. The van der Waals surface area contributed by atoms with Gasteiger partial charge in [-0.2, -0.15) is 0 Å². The summed E-state index contributed by atoms with van der Waals surface area (Å²) in [4.78, 5) is 40.1. The normalized spacial score (nSPS) is 17.3. The van der Waals surface area contributed by atoms with E-state index in [-0.39, 0.29) is 24.5 Å². The molecule has 0 spiro atoms. The maximum Gasteiger partial charge on any atom is 0.307 e. The molecule has 1 aliphatic carbocycles. The van der Waals surface area contributed by atoms with Crippen LogP contribution in [-0.2, 0) is 11.2 Å². The van der Waals surface area contributed by atoms with E-state index in [1.54, 1.807) is 17.5 Å². The van der Waals surface area contributed by atoms with Gasteiger partial charge in [-0.25, -0.2) is 4.98 Å². The maximum atomic E-state index is 11.9. The number of carbonyl (C=O) groups excluding carboxylic acids is 2. The molecular weight excluding hydrogens is 312 g/mol. The van der Waals surface area contributed by atoms with Crippen molar-refractivity contribution >= 4 is 45.5 Å². The first kappa shape index (κ1) is 13.9. The number of carboxylic acid groups (broad SMARTS) is 1. The van der Waals surface area contributed by atoms with Gasteiger partial charge in [-0.05, 0) is 11.4 Å². The van der Waals surface area contributed by atoms with Crippen LogP contribution in [0.5, 0.6) is 0 Å². The maximum absolute atomic E-state index is 11.9. The third-order valence-corrected chi connectivity index (χ3v) is 5.06. The van der Waals surface area contributed by atoms with Gasteiger partial charge in [-0.3, -0.25) is 19.7 Å². The zero-order chi connectivity index (χ0) is 15.0. The number of aromatic nitrogens is 1. The Hall–Kier alpha value is -2.06. The number of aliphatic carboxylic acids is 1. The molecule has 1 amide bonds. The molecule has 0 saturated carbocycles. The molecule has 0 aliphatic heterocycles. The van der Waals surface area contributed by atoms with E-state index < -0.39 is 11.9 Å². The van der Waals surface area contributed by atoms with Crippen molar-refractivity contribution in [3.8, 4) is 0 Å². The highest BCUT2D eigenvalue weighted by molar-refractivity contribution is 7.18. The molecule has 0 radical (unpaired) electrons. The fourth-order valence-corrected chi connectivity index (χ4v) is 3.68. The number of thiazole rings is 1. The van der Waals surface area contributed by atoms with Crippen molar-refractivity contribution in [2.24, 2.45) is 5.92 Å². The predicted octanol–water partition coefficient (Wildman–Crippen LogP) is 2.29. The van der Waals surface area contributed by atoms with Crippen molar-refractivity contribution in [3.63, 3.8) is 0 Å². The average molecular weight is 322 g/mol. The Morgan fingerprint density at radius 3 is 2.86 bits per heavy atom. The Bertz CT molecular complexity index is 721. The summed E-state index contributed by atoms with van der Waals surface area (Å²) in [6.07, 6.45) is 0.213. The molecule has 8 heteroatoms. The van der Waals surface area contributed by atoms with E-state index in [0.717, 1.165) is 11.3 Å². The van der Waals surface area contributed by atoms with Crippen LogP contribution in [0, 0.1) is 5.92 Å². The number of Topliss-reactive ketones (excluding diaryl/α,β-unsaturated/α-hetero) is 1. The number of anilines is 1. The topological polar surface area (TPSA) is 96.4 Å². The van der Waals surface area contributed by atoms with Crippen LogP contribution >= 0.6 is 22.7 Å². The Balaban J connectivity index is 1.81. The average Bonchev–Trinajstić information content (AvgIpc) is 3.06. The number of ketones is 1. The standard InChI is InChI=1S/C13H10N2O4S2/c16-8-5-6(12(18)19)4-7-10(8)21-13(14-7)15-11(17)9-2-1-3-20-9/h1-3,6H,4-5H2,(H,18,19)(H,14,15,17). The van der Waals surface area contributed by atoms with Crippen LogP contribution in [0.1, 0.15) is 31.5 Å². The molecule has 0 fully saturated rings. The summed E-state index contributed by atoms with van der Waals surface area (Å²) >= 11 is 2.41. The number of carbonyl (C=O) groups is 3. The number of hydrogen-bond donors (Lipinski definition) is 2. The van der Waals surface area contributed by atoms with Gasteiger partial charge >= 0.3 is 5.97 Å². The summed E-state index contributed by atoms with van der Waals surface area (Å²) in [7, 11) is 0. The van der Waals surface area contributed by atoms with E-state index in [2.05, 4.69) is 10.3 Å². The lowest BCUT2D eigenvalue weighted by molar-refractivity contribution is -0.141. The van der Waals surface area contributed by atoms with Gasteiger partial charge in [0.2, 0.25) is 0 Å². The number of hydrogen-bond acceptors (Lipinski definition) is 6. The van der Waals surface area contributed by atoms with Gasteiger partial charge in [0, 0.05) is 12.8 Å². The minimum absolute atomic E-state index is 0.0111. The highest BCUT2D eigenvalue weighted by Gasteiger charge is 2.33. The number of nitrogens with zero attached hydrogens (tertiary/aromatic N) is 1. The lowest BCUT2D eigenvalue weighted by Crippen LogP contribution is -2.25. The Kier molecular flexibility index (Phi) is 3.56. The minimum Gasteiger partial charge on any atom is -0.481 e. The number of amides is 1. The molecule has 0 saturated heterocycles. The van der Waals surface area contributed by atoms with Crippen LogP contribution in [-0.4, -0.2) is 27.8 Å². The smallest absolute Gasteiger partial charge is 0.307 e. The van der Waals surface area contributed by atoms with E-state index in [1.807, 2.05) is 0 Å². The molecule has 21 heavy (non-hydrogen) atoms. The van der Waals surface area contributed by atoms with Crippen LogP contribution in [0.15, 0.2) is 17.5 Å². The summed E-state index contributed by atoms with van der Waals surface area (Å²) in [5.74, 6) is -2.23. The van der Waals surface area contributed by atoms with Crippen LogP contribution < -0.4 is 5.32 Å². The Morgan fingerprint density at radius 1 is 1.38 bits per heavy atom. The van der Waals surface area contributed by atoms with E-state index in [9.17, 15) is 14.4 Å². The van der Waals surface area contributed by atoms with Crippen molar-refractivity contribution < 1.29 is 19.5 Å². The first-order valence-electron chi connectivity index (χ1n) is 6.15. The van der Waals surface area contributed by atoms with Crippen molar-refractivity contribution in [1.82, 2.24) is 4.98 Å². The number of rotatable bonds is 3. The molecular formula is C13H10N2O4S2. The fourth-order valence-electron chi connectivity index (χ4n) is 2.12. The number of carboxylic acids is 1. The largest absolute Gasteiger partial charge is 0.481 e. The lowest BCUT2D eigenvalue weighted by Gasteiger charge is -2.15. The van der Waals surface area contributed by atoms with Gasteiger partial charge in [-0.1, -0.05) is 17.4 Å². The molecule has 2 aromatic heterocycles. The second-order valence-corrected chi connectivity index (χ2v) is 6.54. The number of thiophene rings is 1. The molecule has 2 N–H and O–H groups in total. The van der Waals surface area contributed by atoms with Gasteiger partial charge in [0.15, 0.2) is 10.9 Å². The van der Waals surface area contributed by atoms with Crippen molar-refractivity contribution in [2.45, 2.75) is 12.8 Å². The van der Waals surface area contributed by atoms with Crippen molar-refractivity contribution in [3.05, 3.63) is 33.0 Å². The predicted molar refractivity (Wildman–Crippen MR) is 78.2 cm³/mol. The second-order valence-electron chi connectivity index (χ2n) is 4.59. The molecule has 0 bridgehead atoms. The number of fused-ring (bicyclic) bond motifs is 1. The van der Waals surface area contributed by atoms with Crippen LogP contribution in [0.2, 0.25) is 0 Å². The first-order valence-corrected chi connectivity index (χ1v) is 7.85.